The second-order valence-corrected chi connectivity index (χ2v) is 9.40. The maximum atomic E-state index is 13.4. The number of rotatable bonds is 5. The van der Waals surface area contributed by atoms with Crippen molar-refractivity contribution in [1.29, 1.82) is 0 Å². The van der Waals surface area contributed by atoms with E-state index in [4.69, 9.17) is 21.0 Å². The van der Waals surface area contributed by atoms with Gasteiger partial charge in [-0.3, -0.25) is 9.69 Å². The quantitative estimate of drug-likeness (QED) is 0.281. The molecule has 4 aromatic rings. The van der Waals surface area contributed by atoms with Gasteiger partial charge in [-0.05, 0) is 91.8 Å². The summed E-state index contributed by atoms with van der Waals surface area (Å²) in [7, 11) is 0. The molecule has 1 aliphatic rings. The average Bonchev–Trinajstić information content (AvgIpc) is 3.52. The van der Waals surface area contributed by atoms with Crippen molar-refractivity contribution in [1.82, 2.24) is 9.47 Å². The van der Waals surface area contributed by atoms with Crippen molar-refractivity contribution in [2.45, 2.75) is 20.4 Å². The van der Waals surface area contributed by atoms with Crippen LogP contribution in [0.3, 0.4) is 0 Å². The van der Waals surface area contributed by atoms with Crippen LogP contribution in [-0.4, -0.2) is 20.5 Å². The smallest absolute Gasteiger partial charge is 0.267 e. The summed E-state index contributed by atoms with van der Waals surface area (Å²) in [4.78, 5) is 20.5. The van der Waals surface area contributed by atoms with Gasteiger partial charge in [-0.2, -0.15) is 0 Å². The minimum Gasteiger partial charge on any atom is -0.467 e. The Bertz CT molecular complexity index is 1390. The Morgan fingerprint density at radius 3 is 2.50 bits per heavy atom. The molecule has 34 heavy (non-hydrogen) atoms. The van der Waals surface area contributed by atoms with Crippen LogP contribution in [0.15, 0.2) is 93.4 Å². The Labute approximate surface area is 207 Å². The summed E-state index contributed by atoms with van der Waals surface area (Å²) < 4.78 is 7.66. The van der Waals surface area contributed by atoms with Gasteiger partial charge < -0.3 is 8.98 Å². The van der Waals surface area contributed by atoms with E-state index < -0.39 is 0 Å². The van der Waals surface area contributed by atoms with Crippen LogP contribution < -0.4 is 0 Å². The number of carbonyl (C=O) groups excluding carboxylic acids is 1. The number of halogens is 1. The third-order valence-corrected chi connectivity index (χ3v) is 6.86. The lowest BCUT2D eigenvalue weighted by Crippen LogP contribution is -2.28. The minimum atomic E-state index is -0.0904. The van der Waals surface area contributed by atoms with Gasteiger partial charge in [0.15, 0.2) is 5.17 Å². The number of aryl methyl sites for hydroxylation is 1. The molecule has 1 amide bonds. The summed E-state index contributed by atoms with van der Waals surface area (Å²) in [6.45, 7) is 4.43. The van der Waals surface area contributed by atoms with E-state index in [1.807, 2.05) is 72.8 Å². The number of benzene rings is 2. The molecule has 1 aliphatic heterocycles. The molecule has 0 N–H and O–H groups in total. The van der Waals surface area contributed by atoms with Crippen LogP contribution in [0.2, 0.25) is 5.02 Å². The molecule has 0 spiro atoms. The van der Waals surface area contributed by atoms with Crippen molar-refractivity contribution in [3.05, 3.63) is 112 Å². The highest BCUT2D eigenvalue weighted by molar-refractivity contribution is 8.18. The van der Waals surface area contributed by atoms with Crippen LogP contribution >= 0.6 is 23.4 Å². The number of aromatic nitrogens is 1. The van der Waals surface area contributed by atoms with Crippen molar-refractivity contribution in [2.24, 2.45) is 4.99 Å². The molecule has 1 saturated heterocycles. The number of furan rings is 1. The van der Waals surface area contributed by atoms with Crippen LogP contribution in [0.4, 0.5) is 5.69 Å². The van der Waals surface area contributed by atoms with E-state index >= 15 is 0 Å². The first kappa shape index (κ1) is 22.3. The third-order valence-electron chi connectivity index (χ3n) is 5.60. The lowest BCUT2D eigenvalue weighted by atomic mass is 10.2. The molecule has 7 heteroatoms. The van der Waals surface area contributed by atoms with Gasteiger partial charge in [0.1, 0.15) is 5.76 Å². The molecule has 0 atom stereocenters. The molecular weight excluding hydrogens is 466 g/mol. The number of nitrogens with zero attached hydrogens (tertiary/aromatic N) is 3. The molecule has 170 valence electrons. The van der Waals surface area contributed by atoms with E-state index in [0.29, 0.717) is 27.4 Å². The largest absolute Gasteiger partial charge is 0.467 e. The topological polar surface area (TPSA) is 50.7 Å². The highest BCUT2D eigenvalue weighted by Crippen LogP contribution is 2.36. The summed E-state index contributed by atoms with van der Waals surface area (Å²) in [5.41, 5.74) is 4.94. The maximum Gasteiger partial charge on any atom is 0.267 e. The van der Waals surface area contributed by atoms with Crippen LogP contribution in [0, 0.1) is 13.8 Å². The van der Waals surface area contributed by atoms with Crippen molar-refractivity contribution >= 4 is 46.2 Å². The summed E-state index contributed by atoms with van der Waals surface area (Å²) in [6, 6.07) is 23.2. The van der Waals surface area contributed by atoms with Gasteiger partial charge in [-0.25, -0.2) is 4.99 Å². The molecule has 0 radical (unpaired) electrons. The second kappa shape index (κ2) is 9.41. The van der Waals surface area contributed by atoms with Crippen LogP contribution in [0.5, 0.6) is 0 Å². The molecule has 2 aromatic heterocycles. The van der Waals surface area contributed by atoms with Gasteiger partial charge >= 0.3 is 0 Å². The Morgan fingerprint density at radius 1 is 1.03 bits per heavy atom. The zero-order chi connectivity index (χ0) is 23.7. The fraction of sp³-hybridized carbons (Fsp3) is 0.111. The van der Waals surface area contributed by atoms with Crippen LogP contribution in [0.25, 0.3) is 11.8 Å². The van der Waals surface area contributed by atoms with E-state index in [1.165, 1.54) is 11.8 Å². The van der Waals surface area contributed by atoms with E-state index in [0.717, 1.165) is 28.3 Å². The van der Waals surface area contributed by atoms with Crippen molar-refractivity contribution in [2.75, 3.05) is 0 Å². The maximum absolute atomic E-state index is 13.4. The molecular formula is C27H22ClN3O2S. The zero-order valence-corrected chi connectivity index (χ0v) is 20.3. The number of hydrogen-bond donors (Lipinski definition) is 0. The normalized spacial score (nSPS) is 16.2. The first-order valence-electron chi connectivity index (χ1n) is 10.8. The van der Waals surface area contributed by atoms with Crippen LogP contribution in [0.1, 0.15) is 22.7 Å². The van der Waals surface area contributed by atoms with Gasteiger partial charge in [0.2, 0.25) is 0 Å². The SMILES string of the molecule is Cc1cc(/C=C2/SC(=Nc3ccccc3)N(Cc3ccco3)C2=O)c(C)n1-c1ccc(Cl)cc1. The number of para-hydroxylation sites is 1. The first-order valence-corrected chi connectivity index (χ1v) is 12.0. The molecule has 5 rings (SSSR count). The van der Waals surface area contributed by atoms with Gasteiger partial charge in [0, 0.05) is 22.1 Å². The summed E-state index contributed by atoms with van der Waals surface area (Å²) in [5.74, 6) is 0.615. The molecule has 0 unspecified atom stereocenters. The molecule has 0 aliphatic carbocycles. The monoisotopic (exact) mass is 487 g/mol. The fourth-order valence-electron chi connectivity index (χ4n) is 3.96. The van der Waals surface area contributed by atoms with Gasteiger partial charge in [-0.1, -0.05) is 29.8 Å². The van der Waals surface area contributed by atoms with Crippen molar-refractivity contribution < 1.29 is 9.21 Å². The standard InChI is InChI=1S/C27H22ClN3O2S/c1-18-15-20(19(2)31(18)23-12-10-21(28)11-13-23)16-25-26(32)30(17-24-9-6-14-33-24)27(34-25)29-22-7-4-3-5-8-22/h3-16H,17H2,1-2H3/b25-16+,29-27?. The average molecular weight is 488 g/mol. The van der Waals surface area contributed by atoms with Gasteiger partial charge in [0.25, 0.3) is 5.91 Å². The number of thioether (sulfide) groups is 1. The molecule has 5 nitrogen and oxygen atoms in total. The van der Waals surface area contributed by atoms with E-state index in [1.54, 1.807) is 11.2 Å². The molecule has 1 fully saturated rings. The number of amides is 1. The van der Waals surface area contributed by atoms with Gasteiger partial charge in [0.05, 0.1) is 23.4 Å². The third kappa shape index (κ3) is 4.47. The number of amidine groups is 1. The number of aliphatic imine (C=N–C) groups is 1. The van der Waals surface area contributed by atoms with E-state index in [2.05, 4.69) is 24.5 Å². The fourth-order valence-corrected chi connectivity index (χ4v) is 5.08. The van der Waals surface area contributed by atoms with Crippen LogP contribution in [-0.2, 0) is 11.3 Å². The van der Waals surface area contributed by atoms with Gasteiger partial charge in [-0.15, -0.1) is 0 Å². The van der Waals surface area contributed by atoms with E-state index in [-0.39, 0.29) is 5.91 Å². The van der Waals surface area contributed by atoms with Crippen molar-refractivity contribution in [3.63, 3.8) is 0 Å². The highest BCUT2D eigenvalue weighted by atomic mass is 35.5. The lowest BCUT2D eigenvalue weighted by molar-refractivity contribution is -0.122. The van der Waals surface area contributed by atoms with E-state index in [9.17, 15) is 4.79 Å². The first-order chi connectivity index (χ1) is 16.5. The Hall–Kier alpha value is -3.48. The predicted octanol–water partition coefficient (Wildman–Crippen LogP) is 7.14. The minimum absolute atomic E-state index is 0.0904. The Morgan fingerprint density at radius 2 is 1.79 bits per heavy atom. The molecule has 0 bridgehead atoms. The summed E-state index contributed by atoms with van der Waals surface area (Å²) in [5, 5.41) is 1.33. The highest BCUT2D eigenvalue weighted by Gasteiger charge is 2.34. The summed E-state index contributed by atoms with van der Waals surface area (Å²) in [6.07, 6.45) is 3.56. The zero-order valence-electron chi connectivity index (χ0n) is 18.7. The molecule has 0 saturated carbocycles. The molecule has 3 heterocycles. The Balaban J connectivity index is 1.52. The Kier molecular flexibility index (Phi) is 6.18. The summed E-state index contributed by atoms with van der Waals surface area (Å²) >= 11 is 7.45. The molecule has 2 aromatic carbocycles. The number of carbonyl (C=O) groups is 1. The second-order valence-electron chi connectivity index (χ2n) is 7.95. The van der Waals surface area contributed by atoms with Crippen molar-refractivity contribution in [3.8, 4) is 5.69 Å². The lowest BCUT2D eigenvalue weighted by Gasteiger charge is -2.13. The predicted molar refractivity (Wildman–Crippen MR) is 139 cm³/mol. The number of hydrogen-bond acceptors (Lipinski definition) is 4.